The molecular formula is C24H26N6O4. The second-order valence-corrected chi connectivity index (χ2v) is 8.26. The van der Waals surface area contributed by atoms with Gasteiger partial charge >= 0.3 is 5.97 Å². The van der Waals surface area contributed by atoms with Gasteiger partial charge < -0.3 is 24.0 Å². The first-order valence-corrected chi connectivity index (χ1v) is 11.1. The number of carbonyl (C=O) groups is 1. The van der Waals surface area contributed by atoms with E-state index in [9.17, 15) is 4.79 Å². The molecule has 1 aromatic carbocycles. The number of fused-ring (bicyclic) bond motifs is 1. The molecule has 1 N–H and O–H groups in total. The molecule has 5 rings (SSSR count). The van der Waals surface area contributed by atoms with E-state index in [1.54, 1.807) is 4.68 Å². The number of aryl methyl sites for hydroxylation is 2. The molecule has 0 unspecified atom stereocenters. The van der Waals surface area contributed by atoms with Crippen LogP contribution in [0.15, 0.2) is 42.6 Å². The second kappa shape index (κ2) is 9.24. The van der Waals surface area contributed by atoms with Gasteiger partial charge in [0.25, 0.3) is 0 Å². The van der Waals surface area contributed by atoms with Gasteiger partial charge in [0.05, 0.1) is 24.6 Å². The maximum Gasteiger partial charge on any atom is 0.329 e. The normalized spacial score (nSPS) is 14.1. The molecule has 0 bridgehead atoms. The van der Waals surface area contributed by atoms with Gasteiger partial charge in [0.15, 0.2) is 11.5 Å². The maximum atomic E-state index is 10.8. The van der Waals surface area contributed by atoms with Gasteiger partial charge in [-0.2, -0.15) is 5.10 Å². The predicted octanol–water partition coefficient (Wildman–Crippen LogP) is 2.57. The third kappa shape index (κ3) is 4.37. The number of pyridine rings is 1. The van der Waals surface area contributed by atoms with Crippen molar-refractivity contribution in [1.82, 2.24) is 24.3 Å². The van der Waals surface area contributed by atoms with Gasteiger partial charge in [0.2, 0.25) is 0 Å². The van der Waals surface area contributed by atoms with Crippen LogP contribution < -0.4 is 4.90 Å². The summed E-state index contributed by atoms with van der Waals surface area (Å²) in [5, 5.41) is 13.7. The summed E-state index contributed by atoms with van der Waals surface area (Å²) in [6, 6.07) is 12.2. The second-order valence-electron chi connectivity index (χ2n) is 8.26. The molecule has 10 heteroatoms. The topological polar surface area (TPSA) is 108 Å². The molecule has 4 aromatic rings. The number of nitrogens with zero attached hydrogens (tertiary/aromatic N) is 6. The number of morpholine rings is 1. The minimum atomic E-state index is -1.02. The maximum absolute atomic E-state index is 10.8. The van der Waals surface area contributed by atoms with Gasteiger partial charge in [-0.3, -0.25) is 0 Å². The summed E-state index contributed by atoms with van der Waals surface area (Å²) in [4.78, 5) is 22.7. The molecule has 3 aromatic heterocycles. The van der Waals surface area contributed by atoms with Gasteiger partial charge in [-0.25, -0.2) is 19.4 Å². The largest absolute Gasteiger partial charge is 0.480 e. The van der Waals surface area contributed by atoms with E-state index >= 15 is 0 Å². The van der Waals surface area contributed by atoms with Gasteiger partial charge in [0, 0.05) is 38.0 Å². The van der Waals surface area contributed by atoms with Crippen molar-refractivity contribution in [1.29, 1.82) is 0 Å². The molecule has 176 valence electrons. The van der Waals surface area contributed by atoms with Gasteiger partial charge in [0.1, 0.15) is 24.6 Å². The third-order valence-electron chi connectivity index (χ3n) is 5.83. The van der Waals surface area contributed by atoms with E-state index in [0.29, 0.717) is 30.5 Å². The summed E-state index contributed by atoms with van der Waals surface area (Å²) in [5.74, 6) is 0.265. The molecule has 0 saturated carbocycles. The van der Waals surface area contributed by atoms with Crippen LogP contribution in [0.4, 0.5) is 5.69 Å². The first kappa shape index (κ1) is 22.1. The molecule has 0 amide bonds. The van der Waals surface area contributed by atoms with Crippen LogP contribution in [0.1, 0.15) is 11.4 Å². The minimum Gasteiger partial charge on any atom is -0.480 e. The van der Waals surface area contributed by atoms with Crippen molar-refractivity contribution in [2.75, 3.05) is 37.8 Å². The van der Waals surface area contributed by atoms with Crippen molar-refractivity contribution in [3.63, 3.8) is 0 Å². The Morgan fingerprint density at radius 2 is 2.00 bits per heavy atom. The van der Waals surface area contributed by atoms with E-state index in [-0.39, 0.29) is 13.2 Å². The lowest BCUT2D eigenvalue weighted by molar-refractivity contribution is -0.142. The SMILES string of the molecule is Cc1cccc(-c2ccn(-c3cc(N4CCOCC4)c4nc(COCC(=O)O)n(C)c4n3)n2)c1. The first-order chi connectivity index (χ1) is 16.5. The van der Waals surface area contributed by atoms with Gasteiger partial charge in [-0.05, 0) is 19.1 Å². The number of carboxylic acid groups (broad SMARTS) is 1. The molecule has 0 atom stereocenters. The lowest BCUT2D eigenvalue weighted by Gasteiger charge is -2.29. The number of rotatable bonds is 7. The fourth-order valence-electron chi connectivity index (χ4n) is 4.10. The Balaban J connectivity index is 1.57. The summed E-state index contributed by atoms with van der Waals surface area (Å²) in [6.45, 7) is 4.52. The van der Waals surface area contributed by atoms with Gasteiger partial charge in [-0.1, -0.05) is 23.8 Å². The summed E-state index contributed by atoms with van der Waals surface area (Å²) in [6.07, 6.45) is 1.90. The van der Waals surface area contributed by atoms with Crippen molar-refractivity contribution in [3.05, 3.63) is 54.0 Å². The van der Waals surface area contributed by atoms with Crippen molar-refractivity contribution in [2.45, 2.75) is 13.5 Å². The Morgan fingerprint density at radius 1 is 1.18 bits per heavy atom. The molecule has 0 aliphatic carbocycles. The van der Waals surface area contributed by atoms with Crippen LogP contribution in [0, 0.1) is 6.92 Å². The summed E-state index contributed by atoms with van der Waals surface area (Å²) >= 11 is 0. The Labute approximate surface area is 196 Å². The Morgan fingerprint density at radius 3 is 2.76 bits per heavy atom. The van der Waals surface area contributed by atoms with E-state index in [2.05, 4.69) is 24.0 Å². The molecule has 0 radical (unpaired) electrons. The highest BCUT2D eigenvalue weighted by Crippen LogP contribution is 2.29. The number of aromatic nitrogens is 5. The molecule has 0 spiro atoms. The highest BCUT2D eigenvalue weighted by atomic mass is 16.5. The zero-order valence-electron chi connectivity index (χ0n) is 19.1. The lowest BCUT2D eigenvalue weighted by atomic mass is 10.1. The standard InChI is InChI=1S/C24H26N6O4/c1-16-4-3-5-17(12-16)18-6-7-30(27-18)20-13-19(29-8-10-33-11-9-29)23-24(26-20)28(2)21(25-23)14-34-15-22(31)32/h3-7,12-13H,8-11,14-15H2,1-2H3,(H,31,32). The number of hydrogen-bond acceptors (Lipinski definition) is 7. The van der Waals surface area contributed by atoms with Crippen molar-refractivity contribution in [2.24, 2.45) is 7.05 Å². The Bertz CT molecular complexity index is 1340. The molecule has 1 fully saturated rings. The Hall–Kier alpha value is -3.76. The number of aliphatic carboxylic acids is 1. The van der Waals surface area contributed by atoms with E-state index < -0.39 is 5.97 Å². The zero-order valence-corrected chi connectivity index (χ0v) is 19.1. The average Bonchev–Trinajstić information content (AvgIpc) is 3.45. The van der Waals surface area contributed by atoms with Crippen LogP contribution in [-0.2, 0) is 27.9 Å². The molecule has 1 saturated heterocycles. The number of carboxylic acids is 1. The Kier molecular flexibility index (Phi) is 5.99. The lowest BCUT2D eigenvalue weighted by Crippen LogP contribution is -2.36. The smallest absolute Gasteiger partial charge is 0.329 e. The molecule has 4 heterocycles. The minimum absolute atomic E-state index is 0.0797. The molecular weight excluding hydrogens is 436 g/mol. The fraction of sp³-hybridized carbons (Fsp3) is 0.333. The number of benzene rings is 1. The average molecular weight is 463 g/mol. The van der Waals surface area contributed by atoms with Crippen LogP contribution in [0.25, 0.3) is 28.2 Å². The fourth-order valence-corrected chi connectivity index (χ4v) is 4.10. The first-order valence-electron chi connectivity index (χ1n) is 11.1. The quantitative estimate of drug-likeness (QED) is 0.447. The zero-order chi connectivity index (χ0) is 23.7. The van der Waals surface area contributed by atoms with E-state index in [1.165, 1.54) is 5.56 Å². The molecule has 1 aliphatic rings. The van der Waals surface area contributed by atoms with Crippen LogP contribution >= 0.6 is 0 Å². The summed E-state index contributed by atoms with van der Waals surface area (Å²) < 4.78 is 14.4. The van der Waals surface area contributed by atoms with Crippen LogP contribution in [0.5, 0.6) is 0 Å². The van der Waals surface area contributed by atoms with E-state index in [0.717, 1.165) is 35.6 Å². The van der Waals surface area contributed by atoms with Gasteiger partial charge in [-0.15, -0.1) is 0 Å². The van der Waals surface area contributed by atoms with E-state index in [4.69, 9.17) is 29.6 Å². The number of anilines is 1. The number of ether oxygens (including phenoxy) is 2. The third-order valence-corrected chi connectivity index (χ3v) is 5.83. The van der Waals surface area contributed by atoms with Crippen molar-refractivity contribution >= 4 is 22.8 Å². The van der Waals surface area contributed by atoms with Crippen molar-refractivity contribution < 1.29 is 19.4 Å². The highest BCUT2D eigenvalue weighted by Gasteiger charge is 2.21. The number of imidazole rings is 1. The van der Waals surface area contributed by atoms with E-state index in [1.807, 2.05) is 42.1 Å². The molecule has 10 nitrogen and oxygen atoms in total. The van der Waals surface area contributed by atoms with Crippen LogP contribution in [-0.4, -0.2) is 68.3 Å². The van der Waals surface area contributed by atoms with Crippen LogP contribution in [0.3, 0.4) is 0 Å². The number of hydrogen-bond donors (Lipinski definition) is 1. The summed E-state index contributed by atoms with van der Waals surface area (Å²) in [5.41, 5.74) is 5.45. The van der Waals surface area contributed by atoms with Crippen molar-refractivity contribution in [3.8, 4) is 17.1 Å². The molecule has 34 heavy (non-hydrogen) atoms. The monoisotopic (exact) mass is 462 g/mol. The van der Waals surface area contributed by atoms with Crippen LogP contribution in [0.2, 0.25) is 0 Å². The molecule has 1 aliphatic heterocycles. The summed E-state index contributed by atoms with van der Waals surface area (Å²) in [7, 11) is 1.86. The highest BCUT2D eigenvalue weighted by molar-refractivity contribution is 5.88. The predicted molar refractivity (Wildman–Crippen MR) is 126 cm³/mol.